The van der Waals surface area contributed by atoms with Gasteiger partial charge in [0.15, 0.2) is 0 Å². The standard InChI is InChI=1S/C20H23N5O/c26-20-16-5-1-2-6-17(16)23-18(24-20)14-21-13-15-8-11-25(12-9-15)19-7-3-4-10-22-19/h1-7,10,15,21H,8-9,11-14H2,(H,23,24,26). The molecule has 4 rings (SSSR count). The molecule has 134 valence electrons. The van der Waals surface area contributed by atoms with E-state index in [1.165, 1.54) is 0 Å². The molecule has 3 heterocycles. The van der Waals surface area contributed by atoms with Gasteiger partial charge in [-0.1, -0.05) is 18.2 Å². The van der Waals surface area contributed by atoms with E-state index in [2.05, 4.69) is 31.2 Å². The number of aromatic amines is 1. The summed E-state index contributed by atoms with van der Waals surface area (Å²) in [4.78, 5) is 26.3. The maximum absolute atomic E-state index is 12.1. The van der Waals surface area contributed by atoms with Gasteiger partial charge in [0.05, 0.1) is 17.4 Å². The first-order valence-electron chi connectivity index (χ1n) is 9.14. The largest absolute Gasteiger partial charge is 0.357 e. The van der Waals surface area contributed by atoms with Crippen molar-refractivity contribution in [3.8, 4) is 0 Å². The number of para-hydroxylation sites is 1. The molecule has 1 aliphatic heterocycles. The van der Waals surface area contributed by atoms with Gasteiger partial charge in [0.25, 0.3) is 5.56 Å². The van der Waals surface area contributed by atoms with Crippen LogP contribution in [-0.2, 0) is 6.54 Å². The fourth-order valence-electron chi connectivity index (χ4n) is 3.52. The molecule has 1 saturated heterocycles. The third-order valence-electron chi connectivity index (χ3n) is 4.98. The van der Waals surface area contributed by atoms with Crippen LogP contribution in [0.4, 0.5) is 5.82 Å². The van der Waals surface area contributed by atoms with E-state index in [0.717, 1.165) is 43.8 Å². The molecule has 0 radical (unpaired) electrons. The number of hydrogen-bond acceptors (Lipinski definition) is 5. The van der Waals surface area contributed by atoms with Crippen LogP contribution in [0, 0.1) is 5.92 Å². The van der Waals surface area contributed by atoms with E-state index in [0.29, 0.717) is 23.7 Å². The Morgan fingerprint density at radius 3 is 2.73 bits per heavy atom. The van der Waals surface area contributed by atoms with Crippen molar-refractivity contribution in [1.82, 2.24) is 20.3 Å². The fourth-order valence-corrected chi connectivity index (χ4v) is 3.52. The van der Waals surface area contributed by atoms with E-state index in [1.54, 1.807) is 6.07 Å². The van der Waals surface area contributed by atoms with Crippen LogP contribution in [0.3, 0.4) is 0 Å². The number of benzene rings is 1. The van der Waals surface area contributed by atoms with Crippen LogP contribution in [-0.4, -0.2) is 34.6 Å². The topological polar surface area (TPSA) is 73.9 Å². The molecule has 26 heavy (non-hydrogen) atoms. The Hall–Kier alpha value is -2.73. The Kier molecular flexibility index (Phi) is 4.93. The van der Waals surface area contributed by atoms with Gasteiger partial charge in [-0.05, 0) is 49.6 Å². The van der Waals surface area contributed by atoms with Crippen LogP contribution < -0.4 is 15.8 Å². The van der Waals surface area contributed by atoms with E-state index >= 15 is 0 Å². The minimum absolute atomic E-state index is 0.0731. The molecule has 2 N–H and O–H groups in total. The predicted molar refractivity (Wildman–Crippen MR) is 103 cm³/mol. The first kappa shape index (κ1) is 16.7. The van der Waals surface area contributed by atoms with Crippen molar-refractivity contribution in [1.29, 1.82) is 0 Å². The average Bonchev–Trinajstić information content (AvgIpc) is 2.69. The molecular formula is C20H23N5O. The number of nitrogens with one attached hydrogen (secondary N) is 2. The van der Waals surface area contributed by atoms with Gasteiger partial charge in [0.2, 0.25) is 0 Å². The Morgan fingerprint density at radius 1 is 1.12 bits per heavy atom. The van der Waals surface area contributed by atoms with Gasteiger partial charge >= 0.3 is 0 Å². The van der Waals surface area contributed by atoms with E-state index in [4.69, 9.17) is 0 Å². The maximum atomic E-state index is 12.1. The summed E-state index contributed by atoms with van der Waals surface area (Å²) >= 11 is 0. The Morgan fingerprint density at radius 2 is 1.92 bits per heavy atom. The number of H-pyrrole nitrogens is 1. The van der Waals surface area contributed by atoms with Crippen LogP contribution in [0.1, 0.15) is 18.7 Å². The van der Waals surface area contributed by atoms with Crippen molar-refractivity contribution in [3.63, 3.8) is 0 Å². The van der Waals surface area contributed by atoms with Gasteiger partial charge in [-0.15, -0.1) is 0 Å². The SMILES string of the molecule is O=c1[nH]c(CNCC2CCN(c3ccccn3)CC2)nc2ccccc12. The van der Waals surface area contributed by atoms with Crippen LogP contribution in [0.25, 0.3) is 10.9 Å². The summed E-state index contributed by atoms with van der Waals surface area (Å²) < 4.78 is 0. The lowest BCUT2D eigenvalue weighted by Crippen LogP contribution is -2.37. The molecule has 6 heteroatoms. The monoisotopic (exact) mass is 349 g/mol. The molecule has 0 unspecified atom stereocenters. The quantitative estimate of drug-likeness (QED) is 0.739. The van der Waals surface area contributed by atoms with E-state index in [1.807, 2.05) is 36.5 Å². The van der Waals surface area contributed by atoms with Crippen LogP contribution >= 0.6 is 0 Å². The zero-order valence-electron chi connectivity index (χ0n) is 14.7. The van der Waals surface area contributed by atoms with Gasteiger partial charge in [0, 0.05) is 19.3 Å². The molecule has 2 aromatic heterocycles. The van der Waals surface area contributed by atoms with Crippen LogP contribution in [0.2, 0.25) is 0 Å². The Bertz CT molecular complexity index is 916. The second-order valence-electron chi connectivity index (χ2n) is 6.78. The minimum Gasteiger partial charge on any atom is -0.357 e. The number of piperidine rings is 1. The molecule has 0 saturated carbocycles. The zero-order valence-corrected chi connectivity index (χ0v) is 14.7. The summed E-state index contributed by atoms with van der Waals surface area (Å²) in [6.07, 6.45) is 4.14. The molecule has 0 aliphatic carbocycles. The van der Waals surface area contributed by atoms with Crippen molar-refractivity contribution in [3.05, 3.63) is 64.8 Å². The summed E-state index contributed by atoms with van der Waals surface area (Å²) in [5.74, 6) is 2.40. The lowest BCUT2D eigenvalue weighted by molar-refractivity contribution is 0.380. The van der Waals surface area contributed by atoms with Crippen molar-refractivity contribution in [2.45, 2.75) is 19.4 Å². The number of hydrogen-bond donors (Lipinski definition) is 2. The molecule has 0 atom stereocenters. The van der Waals surface area contributed by atoms with Gasteiger partial charge in [-0.3, -0.25) is 4.79 Å². The van der Waals surface area contributed by atoms with Crippen molar-refractivity contribution in [2.75, 3.05) is 24.5 Å². The Balaban J connectivity index is 1.29. The van der Waals surface area contributed by atoms with E-state index < -0.39 is 0 Å². The molecular weight excluding hydrogens is 326 g/mol. The zero-order chi connectivity index (χ0) is 17.8. The molecule has 0 amide bonds. The first-order valence-corrected chi connectivity index (χ1v) is 9.14. The van der Waals surface area contributed by atoms with Gasteiger partial charge < -0.3 is 15.2 Å². The first-order chi connectivity index (χ1) is 12.8. The molecule has 3 aromatic rings. The van der Waals surface area contributed by atoms with E-state index in [9.17, 15) is 4.79 Å². The summed E-state index contributed by atoms with van der Waals surface area (Å²) in [5.41, 5.74) is 0.674. The normalized spacial score (nSPS) is 15.5. The predicted octanol–water partition coefficient (Wildman–Crippen LogP) is 2.32. The third-order valence-corrected chi connectivity index (χ3v) is 4.98. The smallest absolute Gasteiger partial charge is 0.258 e. The second-order valence-corrected chi connectivity index (χ2v) is 6.78. The average molecular weight is 349 g/mol. The molecule has 6 nitrogen and oxygen atoms in total. The molecule has 0 bridgehead atoms. The van der Waals surface area contributed by atoms with Crippen LogP contribution in [0.5, 0.6) is 0 Å². The highest BCUT2D eigenvalue weighted by Crippen LogP contribution is 2.21. The molecule has 1 aromatic carbocycles. The number of rotatable bonds is 5. The van der Waals surface area contributed by atoms with E-state index in [-0.39, 0.29) is 5.56 Å². The second kappa shape index (κ2) is 7.66. The van der Waals surface area contributed by atoms with Crippen molar-refractivity contribution in [2.24, 2.45) is 5.92 Å². The Labute approximate surface area is 152 Å². The highest BCUT2D eigenvalue weighted by Gasteiger charge is 2.19. The van der Waals surface area contributed by atoms with Gasteiger partial charge in [-0.2, -0.15) is 0 Å². The lowest BCUT2D eigenvalue weighted by atomic mass is 9.97. The number of fused-ring (bicyclic) bond motifs is 1. The highest BCUT2D eigenvalue weighted by atomic mass is 16.1. The van der Waals surface area contributed by atoms with Crippen LogP contribution in [0.15, 0.2) is 53.5 Å². The highest BCUT2D eigenvalue weighted by molar-refractivity contribution is 5.77. The van der Waals surface area contributed by atoms with Gasteiger partial charge in [0.1, 0.15) is 11.6 Å². The number of aromatic nitrogens is 3. The number of nitrogens with zero attached hydrogens (tertiary/aromatic N) is 3. The van der Waals surface area contributed by atoms with Gasteiger partial charge in [-0.25, -0.2) is 9.97 Å². The summed E-state index contributed by atoms with van der Waals surface area (Å²) in [6, 6.07) is 13.5. The lowest BCUT2D eigenvalue weighted by Gasteiger charge is -2.32. The summed E-state index contributed by atoms with van der Waals surface area (Å²) in [6.45, 7) is 3.59. The van der Waals surface area contributed by atoms with Crippen molar-refractivity contribution < 1.29 is 0 Å². The summed E-state index contributed by atoms with van der Waals surface area (Å²) in [5, 5.41) is 4.09. The molecule has 1 fully saturated rings. The fraction of sp³-hybridized carbons (Fsp3) is 0.350. The number of anilines is 1. The minimum atomic E-state index is -0.0731. The summed E-state index contributed by atoms with van der Waals surface area (Å²) in [7, 11) is 0. The van der Waals surface area contributed by atoms with Crippen molar-refractivity contribution >= 4 is 16.7 Å². The molecule has 1 aliphatic rings. The third kappa shape index (κ3) is 3.75. The molecule has 0 spiro atoms. The number of pyridine rings is 1. The maximum Gasteiger partial charge on any atom is 0.258 e.